The van der Waals surface area contributed by atoms with E-state index in [-0.39, 0.29) is 29.1 Å². The smallest absolute Gasteiger partial charge is 0.274 e. The fraction of sp³-hybridized carbons (Fsp3) is 0.333. The Balaban J connectivity index is 1.74. The second-order valence-corrected chi connectivity index (χ2v) is 8.46. The van der Waals surface area contributed by atoms with Gasteiger partial charge in [0, 0.05) is 12.6 Å². The van der Waals surface area contributed by atoms with Crippen molar-refractivity contribution in [2.24, 2.45) is 0 Å². The Hall–Kier alpha value is -2.99. The summed E-state index contributed by atoms with van der Waals surface area (Å²) in [5, 5.41) is 20.1. The zero-order valence-corrected chi connectivity index (χ0v) is 15.6. The summed E-state index contributed by atoms with van der Waals surface area (Å²) in [7, 11) is -3.08. The highest BCUT2D eigenvalue weighted by atomic mass is 32.2. The number of rotatable bonds is 5. The summed E-state index contributed by atoms with van der Waals surface area (Å²) in [5.74, 6) is 0.163. The minimum absolute atomic E-state index is 0.00933. The van der Waals surface area contributed by atoms with E-state index >= 15 is 0 Å². The van der Waals surface area contributed by atoms with E-state index in [4.69, 9.17) is 5.26 Å². The number of nitrogens with zero attached hydrogens (tertiary/aromatic N) is 4. The maximum absolute atomic E-state index is 12.7. The number of amides is 1. The average molecular weight is 385 g/mol. The van der Waals surface area contributed by atoms with Crippen LogP contribution in [0.1, 0.15) is 29.4 Å². The van der Waals surface area contributed by atoms with Crippen molar-refractivity contribution in [2.75, 3.05) is 23.4 Å². The van der Waals surface area contributed by atoms with E-state index in [0.29, 0.717) is 30.0 Å². The minimum atomic E-state index is -3.08. The van der Waals surface area contributed by atoms with E-state index in [1.165, 1.54) is 4.90 Å². The molecule has 0 spiro atoms. The molecule has 1 atom stereocenters. The highest BCUT2D eigenvalue weighted by molar-refractivity contribution is 7.91. The lowest BCUT2D eigenvalue weighted by molar-refractivity contribution is 0.0701. The average Bonchev–Trinajstić information content (AvgIpc) is 3.03. The standard InChI is InChI=1S/C18H19N5O3S/c1-2-23(14-9-10-27(25,26)12-14)18(24)16-7-8-17(22-21-16)20-15-6-4-3-5-13(15)11-19/h3-8,14H,2,9-10,12H2,1H3,(H,20,22). The molecule has 0 bridgehead atoms. The van der Waals surface area contributed by atoms with Gasteiger partial charge in [0.2, 0.25) is 0 Å². The fourth-order valence-corrected chi connectivity index (χ4v) is 4.81. The highest BCUT2D eigenvalue weighted by Gasteiger charge is 2.34. The predicted octanol–water partition coefficient (Wildman–Crippen LogP) is 1.74. The van der Waals surface area contributed by atoms with Gasteiger partial charge in [0.1, 0.15) is 6.07 Å². The van der Waals surface area contributed by atoms with Crippen LogP contribution in [0.2, 0.25) is 0 Å². The molecule has 1 aromatic heterocycles. The molecule has 27 heavy (non-hydrogen) atoms. The molecule has 8 nitrogen and oxygen atoms in total. The molecular weight excluding hydrogens is 366 g/mol. The molecule has 0 aliphatic carbocycles. The Labute approximate surface area is 157 Å². The molecule has 1 amide bonds. The summed E-state index contributed by atoms with van der Waals surface area (Å²) in [6.07, 6.45) is 0.444. The molecule has 0 saturated carbocycles. The number of hydrogen-bond acceptors (Lipinski definition) is 7. The van der Waals surface area contributed by atoms with E-state index in [1.807, 2.05) is 6.92 Å². The molecule has 3 rings (SSSR count). The molecule has 9 heteroatoms. The number of hydrogen-bond donors (Lipinski definition) is 1. The summed E-state index contributed by atoms with van der Waals surface area (Å²) >= 11 is 0. The molecule has 1 aliphatic rings. The number of carbonyl (C=O) groups is 1. The number of aromatic nitrogens is 2. The largest absolute Gasteiger partial charge is 0.338 e. The first kappa shape index (κ1) is 18.8. The maximum atomic E-state index is 12.7. The Kier molecular flexibility index (Phi) is 5.37. The Morgan fingerprint density at radius 1 is 1.30 bits per heavy atom. The molecule has 1 aliphatic heterocycles. The van der Waals surface area contributed by atoms with Crippen molar-refractivity contribution in [1.82, 2.24) is 15.1 Å². The summed E-state index contributed by atoms with van der Waals surface area (Å²) in [6.45, 7) is 2.21. The first-order valence-corrected chi connectivity index (χ1v) is 10.4. The van der Waals surface area contributed by atoms with Crippen LogP contribution in [0.15, 0.2) is 36.4 Å². The second-order valence-electron chi connectivity index (χ2n) is 6.23. The molecule has 2 heterocycles. The van der Waals surface area contributed by atoms with Crippen LogP contribution < -0.4 is 5.32 Å². The summed E-state index contributed by atoms with van der Waals surface area (Å²) in [4.78, 5) is 14.2. The monoisotopic (exact) mass is 385 g/mol. The Morgan fingerprint density at radius 2 is 2.07 bits per heavy atom. The predicted molar refractivity (Wildman–Crippen MR) is 100 cm³/mol. The lowest BCUT2D eigenvalue weighted by Gasteiger charge is -2.26. The van der Waals surface area contributed by atoms with Crippen molar-refractivity contribution in [2.45, 2.75) is 19.4 Å². The van der Waals surface area contributed by atoms with Crippen molar-refractivity contribution >= 4 is 27.2 Å². The van der Waals surface area contributed by atoms with Crippen LogP contribution in [-0.4, -0.2) is 53.5 Å². The van der Waals surface area contributed by atoms with Gasteiger partial charge in [-0.15, -0.1) is 10.2 Å². The van der Waals surface area contributed by atoms with Crippen molar-refractivity contribution in [3.63, 3.8) is 0 Å². The van der Waals surface area contributed by atoms with Crippen molar-refractivity contribution in [1.29, 1.82) is 5.26 Å². The van der Waals surface area contributed by atoms with Crippen LogP contribution in [0, 0.1) is 11.3 Å². The summed E-state index contributed by atoms with van der Waals surface area (Å²) < 4.78 is 23.4. The van der Waals surface area contributed by atoms with Gasteiger partial charge in [-0.25, -0.2) is 8.42 Å². The molecule has 1 aromatic carbocycles. The normalized spacial score (nSPS) is 17.9. The lowest BCUT2D eigenvalue weighted by Crippen LogP contribution is -2.41. The van der Waals surface area contributed by atoms with E-state index in [0.717, 1.165) is 0 Å². The maximum Gasteiger partial charge on any atom is 0.274 e. The van der Waals surface area contributed by atoms with Gasteiger partial charge in [-0.3, -0.25) is 4.79 Å². The van der Waals surface area contributed by atoms with Crippen LogP contribution >= 0.6 is 0 Å². The first-order chi connectivity index (χ1) is 12.9. The van der Waals surface area contributed by atoms with Crippen LogP contribution in [-0.2, 0) is 9.84 Å². The second kappa shape index (κ2) is 7.72. The molecule has 0 radical (unpaired) electrons. The third-order valence-corrected chi connectivity index (χ3v) is 6.19. The molecule has 1 fully saturated rings. The van der Waals surface area contributed by atoms with Crippen molar-refractivity contribution in [3.05, 3.63) is 47.7 Å². The minimum Gasteiger partial charge on any atom is -0.338 e. The Bertz CT molecular complexity index is 983. The lowest BCUT2D eigenvalue weighted by atomic mass is 10.2. The third kappa shape index (κ3) is 4.23. The molecular formula is C18H19N5O3S. The fourth-order valence-electron chi connectivity index (χ4n) is 3.08. The number of benzene rings is 1. The molecule has 1 saturated heterocycles. The molecule has 1 N–H and O–H groups in total. The number of anilines is 2. The van der Waals surface area contributed by atoms with E-state index in [1.54, 1.807) is 36.4 Å². The Morgan fingerprint density at radius 3 is 2.67 bits per heavy atom. The van der Waals surface area contributed by atoms with Crippen LogP contribution in [0.3, 0.4) is 0 Å². The zero-order valence-electron chi connectivity index (χ0n) is 14.8. The molecule has 140 valence electrons. The molecule has 1 unspecified atom stereocenters. The van der Waals surface area contributed by atoms with E-state index in [9.17, 15) is 13.2 Å². The van der Waals surface area contributed by atoms with Gasteiger partial charge in [-0.2, -0.15) is 5.26 Å². The van der Waals surface area contributed by atoms with Gasteiger partial charge >= 0.3 is 0 Å². The number of nitriles is 1. The van der Waals surface area contributed by atoms with Gasteiger partial charge in [0.25, 0.3) is 5.91 Å². The van der Waals surface area contributed by atoms with Crippen LogP contribution in [0.4, 0.5) is 11.5 Å². The van der Waals surface area contributed by atoms with Gasteiger partial charge in [-0.05, 0) is 37.6 Å². The SMILES string of the molecule is CCN(C(=O)c1ccc(Nc2ccccc2C#N)nn1)C1CCS(=O)(=O)C1. The summed E-state index contributed by atoms with van der Waals surface area (Å²) in [6, 6.07) is 11.9. The highest BCUT2D eigenvalue weighted by Crippen LogP contribution is 2.21. The topological polar surface area (TPSA) is 116 Å². The quantitative estimate of drug-likeness (QED) is 0.833. The number of nitrogens with one attached hydrogen (secondary N) is 1. The number of para-hydroxylation sites is 1. The summed E-state index contributed by atoms with van der Waals surface area (Å²) in [5.41, 5.74) is 1.22. The van der Waals surface area contributed by atoms with Gasteiger partial charge in [0.15, 0.2) is 21.3 Å². The van der Waals surface area contributed by atoms with Gasteiger partial charge < -0.3 is 10.2 Å². The van der Waals surface area contributed by atoms with Crippen LogP contribution in [0.5, 0.6) is 0 Å². The van der Waals surface area contributed by atoms with Crippen LogP contribution in [0.25, 0.3) is 0 Å². The van der Waals surface area contributed by atoms with Gasteiger partial charge in [-0.1, -0.05) is 12.1 Å². The number of carbonyl (C=O) groups excluding carboxylic acids is 1. The first-order valence-electron chi connectivity index (χ1n) is 8.55. The van der Waals surface area contributed by atoms with E-state index < -0.39 is 9.84 Å². The zero-order chi connectivity index (χ0) is 19.4. The van der Waals surface area contributed by atoms with Gasteiger partial charge in [0.05, 0.1) is 22.8 Å². The van der Waals surface area contributed by atoms with E-state index in [2.05, 4.69) is 21.6 Å². The number of sulfone groups is 1. The third-order valence-electron chi connectivity index (χ3n) is 4.44. The molecule has 2 aromatic rings. The van der Waals surface area contributed by atoms with Crippen molar-refractivity contribution in [3.8, 4) is 6.07 Å². The van der Waals surface area contributed by atoms with Crippen molar-refractivity contribution < 1.29 is 13.2 Å².